The van der Waals surface area contributed by atoms with Crippen LogP contribution in [-0.4, -0.2) is 48.4 Å². The summed E-state index contributed by atoms with van der Waals surface area (Å²) in [5.74, 6) is 0.939. The minimum atomic E-state index is 0.244. The van der Waals surface area contributed by atoms with E-state index in [1.54, 1.807) is 11.3 Å². The fraction of sp³-hybridized carbons (Fsp3) is 0.643. The van der Waals surface area contributed by atoms with Crippen LogP contribution in [0.1, 0.15) is 26.5 Å². The lowest BCUT2D eigenvalue weighted by atomic mass is 10.1. The zero-order chi connectivity index (χ0) is 12.9. The van der Waals surface area contributed by atoms with Gasteiger partial charge in [0.05, 0.1) is 4.88 Å². The smallest absolute Gasteiger partial charge is 0.264 e. The zero-order valence-electron chi connectivity index (χ0n) is 11.3. The predicted molar refractivity (Wildman–Crippen MR) is 74.2 cm³/mol. The van der Waals surface area contributed by atoms with Crippen molar-refractivity contribution in [3.05, 3.63) is 21.4 Å². The lowest BCUT2D eigenvalue weighted by Crippen LogP contribution is -2.34. The Balaban J connectivity index is 1.77. The first kappa shape index (κ1) is 12.2. The molecule has 2 saturated heterocycles. The van der Waals surface area contributed by atoms with Gasteiger partial charge in [-0.05, 0) is 51.4 Å². The molecule has 2 atom stereocenters. The van der Waals surface area contributed by atoms with Gasteiger partial charge in [-0.2, -0.15) is 0 Å². The molecular formula is C14H20N2OS. The SMILES string of the molecule is Cc1cc(C)c(C(=O)N2C[C@H]3CCN(C)[C@H]3C2)s1. The predicted octanol–water partition coefficient (Wildman–Crippen LogP) is 2.14. The number of hydrogen-bond donors (Lipinski definition) is 0. The Hall–Kier alpha value is -0.870. The Morgan fingerprint density at radius 1 is 1.39 bits per heavy atom. The van der Waals surface area contributed by atoms with Crippen LogP contribution in [0.25, 0.3) is 0 Å². The molecule has 0 bridgehead atoms. The fourth-order valence-corrected chi connectivity index (χ4v) is 4.33. The second kappa shape index (κ2) is 4.35. The number of carbonyl (C=O) groups excluding carboxylic acids is 1. The quantitative estimate of drug-likeness (QED) is 0.776. The summed E-state index contributed by atoms with van der Waals surface area (Å²) in [4.78, 5) is 19.2. The maximum Gasteiger partial charge on any atom is 0.264 e. The summed E-state index contributed by atoms with van der Waals surface area (Å²) in [5, 5.41) is 0. The van der Waals surface area contributed by atoms with E-state index in [0.717, 1.165) is 23.5 Å². The van der Waals surface area contributed by atoms with Crippen LogP contribution in [0.2, 0.25) is 0 Å². The van der Waals surface area contributed by atoms with Gasteiger partial charge in [-0.1, -0.05) is 0 Å². The molecule has 0 saturated carbocycles. The van der Waals surface area contributed by atoms with Crippen molar-refractivity contribution in [2.24, 2.45) is 5.92 Å². The summed E-state index contributed by atoms with van der Waals surface area (Å²) in [6, 6.07) is 2.70. The summed E-state index contributed by atoms with van der Waals surface area (Å²) in [6.07, 6.45) is 1.24. The fourth-order valence-electron chi connectivity index (χ4n) is 3.34. The van der Waals surface area contributed by atoms with E-state index >= 15 is 0 Å². The first-order chi connectivity index (χ1) is 8.56. The average molecular weight is 264 g/mol. The van der Waals surface area contributed by atoms with Crippen molar-refractivity contribution in [3.8, 4) is 0 Å². The van der Waals surface area contributed by atoms with E-state index in [2.05, 4.69) is 29.8 Å². The van der Waals surface area contributed by atoms with Crippen LogP contribution in [-0.2, 0) is 0 Å². The van der Waals surface area contributed by atoms with E-state index in [4.69, 9.17) is 0 Å². The Morgan fingerprint density at radius 3 is 2.78 bits per heavy atom. The Bertz CT molecular complexity index is 482. The molecule has 2 aliphatic heterocycles. The number of likely N-dealkylation sites (N-methyl/N-ethyl adjacent to an activating group) is 1. The number of thiophene rings is 1. The third-order valence-electron chi connectivity index (χ3n) is 4.35. The highest BCUT2D eigenvalue weighted by molar-refractivity contribution is 7.14. The van der Waals surface area contributed by atoms with E-state index in [-0.39, 0.29) is 5.91 Å². The van der Waals surface area contributed by atoms with Crippen LogP contribution in [0.3, 0.4) is 0 Å². The Labute approximate surface area is 112 Å². The molecule has 0 aromatic carbocycles. The van der Waals surface area contributed by atoms with Crippen LogP contribution in [0.15, 0.2) is 6.07 Å². The maximum atomic E-state index is 12.5. The van der Waals surface area contributed by atoms with Crippen molar-refractivity contribution in [3.63, 3.8) is 0 Å². The van der Waals surface area contributed by atoms with Gasteiger partial charge in [-0.25, -0.2) is 0 Å². The average Bonchev–Trinajstić information content (AvgIpc) is 2.96. The van der Waals surface area contributed by atoms with Gasteiger partial charge in [0.1, 0.15) is 0 Å². The van der Waals surface area contributed by atoms with Crippen molar-refractivity contribution in [2.75, 3.05) is 26.7 Å². The van der Waals surface area contributed by atoms with Crippen LogP contribution >= 0.6 is 11.3 Å². The number of fused-ring (bicyclic) bond motifs is 1. The van der Waals surface area contributed by atoms with Crippen LogP contribution in [0, 0.1) is 19.8 Å². The highest BCUT2D eigenvalue weighted by atomic mass is 32.1. The number of aryl methyl sites for hydroxylation is 2. The van der Waals surface area contributed by atoms with Crippen molar-refractivity contribution in [1.82, 2.24) is 9.80 Å². The van der Waals surface area contributed by atoms with E-state index in [9.17, 15) is 4.79 Å². The monoisotopic (exact) mass is 264 g/mol. The third-order valence-corrected chi connectivity index (χ3v) is 5.49. The molecule has 18 heavy (non-hydrogen) atoms. The number of likely N-dealkylation sites (tertiary alicyclic amines) is 2. The molecule has 0 radical (unpaired) electrons. The molecule has 3 nitrogen and oxygen atoms in total. The number of nitrogens with zero attached hydrogens (tertiary/aromatic N) is 2. The number of hydrogen-bond acceptors (Lipinski definition) is 3. The third kappa shape index (κ3) is 1.88. The molecule has 3 rings (SSSR count). The molecule has 1 aromatic rings. The molecule has 0 unspecified atom stereocenters. The first-order valence-electron chi connectivity index (χ1n) is 6.63. The molecule has 0 spiro atoms. The molecule has 2 aliphatic rings. The molecule has 3 heterocycles. The van der Waals surface area contributed by atoms with E-state index in [1.165, 1.54) is 17.8 Å². The van der Waals surface area contributed by atoms with E-state index in [0.29, 0.717) is 12.0 Å². The summed E-state index contributed by atoms with van der Waals surface area (Å²) >= 11 is 1.63. The van der Waals surface area contributed by atoms with Gasteiger partial charge in [0.25, 0.3) is 5.91 Å². The molecule has 4 heteroatoms. The molecule has 98 valence electrons. The first-order valence-corrected chi connectivity index (χ1v) is 7.44. The molecular weight excluding hydrogens is 244 g/mol. The topological polar surface area (TPSA) is 23.6 Å². The summed E-state index contributed by atoms with van der Waals surface area (Å²) in [5.41, 5.74) is 1.13. The molecule has 1 amide bonds. The van der Waals surface area contributed by atoms with Crippen molar-refractivity contribution in [2.45, 2.75) is 26.3 Å². The lowest BCUT2D eigenvalue weighted by Gasteiger charge is -2.20. The minimum absolute atomic E-state index is 0.244. The minimum Gasteiger partial charge on any atom is -0.336 e. The highest BCUT2D eigenvalue weighted by Gasteiger charge is 2.41. The standard InChI is InChI=1S/C14H20N2OS/c1-9-6-10(2)18-13(9)14(17)16-7-11-4-5-15(3)12(11)8-16/h6,11-12H,4-5,7-8H2,1-3H3/t11-,12+/m1/s1. The summed E-state index contributed by atoms with van der Waals surface area (Å²) < 4.78 is 0. The van der Waals surface area contributed by atoms with Gasteiger partial charge in [-0.3, -0.25) is 4.79 Å². The lowest BCUT2D eigenvalue weighted by molar-refractivity contribution is 0.0779. The highest BCUT2D eigenvalue weighted by Crippen LogP contribution is 2.32. The van der Waals surface area contributed by atoms with Crippen molar-refractivity contribution < 1.29 is 4.79 Å². The van der Waals surface area contributed by atoms with Crippen LogP contribution in [0.4, 0.5) is 0 Å². The van der Waals surface area contributed by atoms with Gasteiger partial charge in [-0.15, -0.1) is 11.3 Å². The van der Waals surface area contributed by atoms with Crippen molar-refractivity contribution in [1.29, 1.82) is 0 Å². The second-order valence-corrected chi connectivity index (χ2v) is 6.93. The largest absolute Gasteiger partial charge is 0.336 e. The van der Waals surface area contributed by atoms with Crippen molar-refractivity contribution >= 4 is 17.2 Å². The number of amides is 1. The Morgan fingerprint density at radius 2 is 2.17 bits per heavy atom. The maximum absolute atomic E-state index is 12.5. The zero-order valence-corrected chi connectivity index (χ0v) is 12.1. The molecule has 2 fully saturated rings. The van der Waals surface area contributed by atoms with Gasteiger partial charge in [0.2, 0.25) is 0 Å². The van der Waals surface area contributed by atoms with Crippen LogP contribution in [0.5, 0.6) is 0 Å². The Kier molecular flexibility index (Phi) is 2.94. The van der Waals surface area contributed by atoms with Crippen LogP contribution < -0.4 is 0 Å². The number of carbonyl (C=O) groups is 1. The molecule has 1 aromatic heterocycles. The number of rotatable bonds is 1. The summed E-state index contributed by atoms with van der Waals surface area (Å²) in [6.45, 7) is 7.16. The van der Waals surface area contributed by atoms with Gasteiger partial charge in [0, 0.05) is 24.0 Å². The summed E-state index contributed by atoms with van der Waals surface area (Å²) in [7, 11) is 2.18. The molecule has 0 aliphatic carbocycles. The normalized spacial score (nSPS) is 27.8. The van der Waals surface area contributed by atoms with E-state index in [1.807, 2.05) is 6.92 Å². The second-order valence-electron chi connectivity index (χ2n) is 5.68. The van der Waals surface area contributed by atoms with Gasteiger partial charge < -0.3 is 9.80 Å². The van der Waals surface area contributed by atoms with Gasteiger partial charge in [0.15, 0.2) is 0 Å². The van der Waals surface area contributed by atoms with Gasteiger partial charge >= 0.3 is 0 Å². The van der Waals surface area contributed by atoms with E-state index < -0.39 is 0 Å². The molecule has 0 N–H and O–H groups in total.